The Bertz CT molecular complexity index is 357. The third kappa shape index (κ3) is 4.30. The average molecular weight is 237 g/mol. The Morgan fingerprint density at radius 3 is 2.76 bits per heavy atom. The standard InChI is InChI=1S/C13H23N3O/c1-4-5-6-12(14)13(17)9-11-7-8-16(15-11)10(2)3/h7-8,10,12H,4-6,9,14H2,1-3H3. The van der Waals surface area contributed by atoms with Crippen LogP contribution in [-0.2, 0) is 11.2 Å². The highest BCUT2D eigenvalue weighted by atomic mass is 16.1. The number of aromatic nitrogens is 2. The van der Waals surface area contributed by atoms with Gasteiger partial charge in [0.15, 0.2) is 5.78 Å². The molecule has 0 aliphatic carbocycles. The van der Waals surface area contributed by atoms with Crippen molar-refractivity contribution >= 4 is 5.78 Å². The second kappa shape index (κ2) is 6.55. The third-order valence-corrected chi connectivity index (χ3v) is 2.83. The quantitative estimate of drug-likeness (QED) is 0.790. The lowest BCUT2D eigenvalue weighted by Crippen LogP contribution is -2.31. The van der Waals surface area contributed by atoms with E-state index >= 15 is 0 Å². The van der Waals surface area contributed by atoms with E-state index in [0.29, 0.717) is 12.5 Å². The van der Waals surface area contributed by atoms with Gasteiger partial charge in [0.1, 0.15) is 0 Å². The summed E-state index contributed by atoms with van der Waals surface area (Å²) < 4.78 is 1.86. The van der Waals surface area contributed by atoms with Gasteiger partial charge in [-0.3, -0.25) is 9.48 Å². The molecule has 1 aromatic rings. The van der Waals surface area contributed by atoms with E-state index in [-0.39, 0.29) is 11.8 Å². The minimum absolute atomic E-state index is 0.0902. The number of hydrogen-bond acceptors (Lipinski definition) is 3. The van der Waals surface area contributed by atoms with Crippen LogP contribution in [0.25, 0.3) is 0 Å². The molecular formula is C13H23N3O. The number of Topliss-reactive ketones (excluding diaryl/α,β-unsaturated/α-hetero) is 1. The SMILES string of the molecule is CCCCC(N)C(=O)Cc1ccn(C(C)C)n1. The monoisotopic (exact) mass is 237 g/mol. The Balaban J connectivity index is 2.49. The van der Waals surface area contributed by atoms with Crippen LogP contribution in [-0.4, -0.2) is 21.6 Å². The lowest BCUT2D eigenvalue weighted by atomic mass is 10.0. The topological polar surface area (TPSA) is 60.9 Å². The molecule has 0 bridgehead atoms. The first-order chi connectivity index (χ1) is 8.04. The fraction of sp³-hybridized carbons (Fsp3) is 0.692. The van der Waals surface area contributed by atoms with Crippen molar-refractivity contribution in [3.05, 3.63) is 18.0 Å². The zero-order chi connectivity index (χ0) is 12.8. The molecule has 1 rings (SSSR count). The minimum Gasteiger partial charge on any atom is -0.321 e. The Labute approximate surface area is 103 Å². The molecule has 0 aliphatic rings. The minimum atomic E-state index is -0.334. The van der Waals surface area contributed by atoms with Crippen LogP contribution in [0.4, 0.5) is 0 Å². The Morgan fingerprint density at radius 2 is 2.24 bits per heavy atom. The maximum absolute atomic E-state index is 11.8. The number of hydrogen-bond donors (Lipinski definition) is 1. The van der Waals surface area contributed by atoms with Gasteiger partial charge >= 0.3 is 0 Å². The molecule has 1 atom stereocenters. The highest BCUT2D eigenvalue weighted by Gasteiger charge is 2.15. The summed E-state index contributed by atoms with van der Waals surface area (Å²) in [7, 11) is 0. The van der Waals surface area contributed by atoms with Crippen molar-refractivity contribution in [2.24, 2.45) is 5.73 Å². The molecule has 0 saturated carbocycles. The van der Waals surface area contributed by atoms with E-state index in [4.69, 9.17) is 5.73 Å². The molecule has 0 spiro atoms. The van der Waals surface area contributed by atoms with E-state index in [2.05, 4.69) is 25.9 Å². The number of ketones is 1. The van der Waals surface area contributed by atoms with E-state index in [0.717, 1.165) is 25.0 Å². The summed E-state index contributed by atoms with van der Waals surface area (Å²) in [5.74, 6) is 0.0902. The summed E-state index contributed by atoms with van der Waals surface area (Å²) in [5.41, 5.74) is 6.65. The maximum atomic E-state index is 11.8. The second-order valence-electron chi connectivity index (χ2n) is 4.77. The fourth-order valence-electron chi connectivity index (χ4n) is 1.65. The molecule has 0 amide bonds. The zero-order valence-electron chi connectivity index (χ0n) is 11.0. The van der Waals surface area contributed by atoms with Crippen LogP contribution in [0.1, 0.15) is 51.8 Å². The summed E-state index contributed by atoms with van der Waals surface area (Å²) >= 11 is 0. The lowest BCUT2D eigenvalue weighted by Gasteiger charge is -2.08. The van der Waals surface area contributed by atoms with E-state index in [1.807, 2.05) is 16.9 Å². The van der Waals surface area contributed by atoms with Crippen LogP contribution in [0.3, 0.4) is 0 Å². The van der Waals surface area contributed by atoms with Crippen molar-refractivity contribution in [1.29, 1.82) is 0 Å². The Kier molecular flexibility index (Phi) is 5.35. The number of carbonyl (C=O) groups is 1. The van der Waals surface area contributed by atoms with Crippen molar-refractivity contribution in [1.82, 2.24) is 9.78 Å². The van der Waals surface area contributed by atoms with E-state index < -0.39 is 0 Å². The first-order valence-electron chi connectivity index (χ1n) is 6.37. The predicted molar refractivity (Wildman–Crippen MR) is 68.8 cm³/mol. The van der Waals surface area contributed by atoms with Crippen molar-refractivity contribution < 1.29 is 4.79 Å². The van der Waals surface area contributed by atoms with Gasteiger partial charge in [0.2, 0.25) is 0 Å². The second-order valence-corrected chi connectivity index (χ2v) is 4.77. The average Bonchev–Trinajstić information content (AvgIpc) is 2.74. The highest BCUT2D eigenvalue weighted by molar-refractivity contribution is 5.85. The third-order valence-electron chi connectivity index (χ3n) is 2.83. The molecule has 0 aromatic carbocycles. The van der Waals surface area contributed by atoms with Crippen LogP contribution in [0.15, 0.2) is 12.3 Å². The van der Waals surface area contributed by atoms with Gasteiger partial charge in [0.25, 0.3) is 0 Å². The van der Waals surface area contributed by atoms with Gasteiger partial charge in [0, 0.05) is 12.2 Å². The smallest absolute Gasteiger partial charge is 0.155 e. The molecular weight excluding hydrogens is 214 g/mol. The summed E-state index contributed by atoms with van der Waals surface area (Å²) in [6, 6.07) is 1.89. The van der Waals surface area contributed by atoms with E-state index in [1.165, 1.54) is 0 Å². The highest BCUT2D eigenvalue weighted by Crippen LogP contribution is 2.07. The van der Waals surface area contributed by atoms with E-state index in [9.17, 15) is 4.79 Å². The first kappa shape index (κ1) is 13.9. The molecule has 0 fully saturated rings. The Hall–Kier alpha value is -1.16. The molecule has 2 N–H and O–H groups in total. The van der Waals surface area contributed by atoms with Crippen LogP contribution >= 0.6 is 0 Å². The van der Waals surface area contributed by atoms with Gasteiger partial charge < -0.3 is 5.73 Å². The normalized spacial score (nSPS) is 13.0. The lowest BCUT2D eigenvalue weighted by molar-refractivity contribution is -0.119. The predicted octanol–water partition coefficient (Wildman–Crippen LogP) is 2.09. The van der Waals surface area contributed by atoms with Gasteiger partial charge in [-0.1, -0.05) is 19.8 Å². The molecule has 0 radical (unpaired) electrons. The number of unbranched alkanes of at least 4 members (excludes halogenated alkanes) is 1. The molecule has 0 saturated heterocycles. The summed E-state index contributed by atoms with van der Waals surface area (Å²) in [6.45, 7) is 6.22. The van der Waals surface area contributed by atoms with Gasteiger partial charge in [0.05, 0.1) is 18.2 Å². The van der Waals surface area contributed by atoms with Crippen LogP contribution in [0, 0.1) is 0 Å². The zero-order valence-corrected chi connectivity index (χ0v) is 11.0. The first-order valence-corrected chi connectivity index (χ1v) is 6.37. The van der Waals surface area contributed by atoms with Crippen LogP contribution in [0.2, 0.25) is 0 Å². The van der Waals surface area contributed by atoms with Crippen LogP contribution in [0.5, 0.6) is 0 Å². The number of rotatable bonds is 7. The molecule has 0 aliphatic heterocycles. The van der Waals surface area contributed by atoms with Gasteiger partial charge in [-0.05, 0) is 26.3 Å². The van der Waals surface area contributed by atoms with Crippen molar-refractivity contribution in [3.8, 4) is 0 Å². The summed E-state index contributed by atoms with van der Waals surface area (Å²) in [6.07, 6.45) is 5.12. The van der Waals surface area contributed by atoms with Crippen molar-refractivity contribution in [3.63, 3.8) is 0 Å². The molecule has 4 heteroatoms. The van der Waals surface area contributed by atoms with Gasteiger partial charge in [-0.25, -0.2) is 0 Å². The van der Waals surface area contributed by atoms with Gasteiger partial charge in [-0.15, -0.1) is 0 Å². The maximum Gasteiger partial charge on any atom is 0.155 e. The largest absolute Gasteiger partial charge is 0.321 e. The van der Waals surface area contributed by atoms with Crippen molar-refractivity contribution in [2.45, 2.75) is 58.5 Å². The molecule has 1 unspecified atom stereocenters. The summed E-state index contributed by atoms with van der Waals surface area (Å²) in [5, 5.41) is 4.35. The molecule has 1 aromatic heterocycles. The molecule has 4 nitrogen and oxygen atoms in total. The number of nitrogens with two attached hydrogens (primary N) is 1. The number of nitrogens with zero attached hydrogens (tertiary/aromatic N) is 2. The van der Waals surface area contributed by atoms with Crippen LogP contribution < -0.4 is 5.73 Å². The molecule has 17 heavy (non-hydrogen) atoms. The van der Waals surface area contributed by atoms with Crippen molar-refractivity contribution in [2.75, 3.05) is 0 Å². The summed E-state index contributed by atoms with van der Waals surface area (Å²) in [4.78, 5) is 11.8. The molecule has 96 valence electrons. The number of carbonyl (C=O) groups excluding carboxylic acids is 1. The fourth-order valence-corrected chi connectivity index (χ4v) is 1.65. The van der Waals surface area contributed by atoms with Gasteiger partial charge in [-0.2, -0.15) is 5.10 Å². The Morgan fingerprint density at radius 1 is 1.53 bits per heavy atom. The molecule has 1 heterocycles. The van der Waals surface area contributed by atoms with E-state index in [1.54, 1.807) is 0 Å².